The molecule has 2 aliphatic heterocycles. The van der Waals surface area contributed by atoms with Gasteiger partial charge in [0.05, 0.1) is 24.4 Å². The maximum Gasteiger partial charge on any atom is 0.271 e. The van der Waals surface area contributed by atoms with Crippen LogP contribution in [-0.2, 0) is 24.3 Å². The van der Waals surface area contributed by atoms with E-state index in [4.69, 9.17) is 4.74 Å². The fraction of sp³-hybridized carbons (Fsp3) is 0.600. The van der Waals surface area contributed by atoms with Crippen molar-refractivity contribution in [3.05, 3.63) is 35.5 Å². The van der Waals surface area contributed by atoms with Gasteiger partial charge in [-0.3, -0.25) is 9.48 Å². The normalized spacial score (nSPS) is 18.4. The fourth-order valence-electron chi connectivity index (χ4n) is 4.03. The number of nitrogens with one attached hydrogen (secondary N) is 1. The van der Waals surface area contributed by atoms with Crippen LogP contribution in [0, 0.1) is 5.92 Å². The molecule has 1 N–H and O–H groups in total. The third-order valence-electron chi connectivity index (χ3n) is 5.61. The second kappa shape index (κ2) is 7.50. The average Bonchev–Trinajstić information content (AvgIpc) is 3.10. The predicted octanol–water partition coefficient (Wildman–Crippen LogP) is 1.80. The summed E-state index contributed by atoms with van der Waals surface area (Å²) in [7, 11) is 1.62. The molecule has 0 bridgehead atoms. The summed E-state index contributed by atoms with van der Waals surface area (Å²) in [5.41, 5.74) is 2.29. The van der Waals surface area contributed by atoms with E-state index < -0.39 is 0 Å². The van der Waals surface area contributed by atoms with Gasteiger partial charge in [-0.1, -0.05) is 13.8 Å². The zero-order valence-electron chi connectivity index (χ0n) is 16.8. The van der Waals surface area contributed by atoms with Crippen molar-refractivity contribution >= 4 is 11.7 Å². The molecule has 0 radical (unpaired) electrons. The molecule has 0 aromatic carbocycles. The zero-order valence-corrected chi connectivity index (χ0v) is 16.8. The van der Waals surface area contributed by atoms with Gasteiger partial charge in [0, 0.05) is 31.9 Å². The van der Waals surface area contributed by atoms with Crippen molar-refractivity contribution in [1.29, 1.82) is 0 Å². The number of ether oxygens (including phenoxy) is 1. The van der Waals surface area contributed by atoms with Crippen molar-refractivity contribution in [2.24, 2.45) is 5.92 Å². The quantitative estimate of drug-likeness (QED) is 0.865. The maximum atomic E-state index is 11.8. The average molecular weight is 384 g/mol. The number of amides is 1. The third-order valence-corrected chi connectivity index (χ3v) is 5.61. The third kappa shape index (κ3) is 3.73. The van der Waals surface area contributed by atoms with Crippen LogP contribution < -0.4 is 10.2 Å². The molecule has 1 spiro atoms. The van der Waals surface area contributed by atoms with Crippen molar-refractivity contribution in [2.45, 2.75) is 51.9 Å². The van der Waals surface area contributed by atoms with E-state index >= 15 is 0 Å². The highest BCUT2D eigenvalue weighted by Crippen LogP contribution is 2.34. The molecule has 2 aromatic rings. The Bertz CT molecular complexity index is 854. The van der Waals surface area contributed by atoms with E-state index in [0.29, 0.717) is 24.8 Å². The molecule has 8 heteroatoms. The minimum absolute atomic E-state index is 0.160. The summed E-state index contributed by atoms with van der Waals surface area (Å²) in [6, 6.07) is 3.93. The number of hydrogen-bond acceptors (Lipinski definition) is 6. The number of anilines is 1. The Balaban J connectivity index is 1.43. The first-order valence-electron chi connectivity index (χ1n) is 9.97. The highest BCUT2D eigenvalue weighted by atomic mass is 16.5. The molecule has 8 nitrogen and oxygen atoms in total. The lowest BCUT2D eigenvalue weighted by molar-refractivity contribution is -0.106. The van der Waals surface area contributed by atoms with Gasteiger partial charge in [0.25, 0.3) is 5.91 Å². The Labute approximate surface area is 165 Å². The van der Waals surface area contributed by atoms with Crippen molar-refractivity contribution in [2.75, 3.05) is 25.0 Å². The van der Waals surface area contributed by atoms with E-state index in [1.165, 1.54) is 0 Å². The van der Waals surface area contributed by atoms with Crippen LogP contribution in [0.2, 0.25) is 0 Å². The van der Waals surface area contributed by atoms with E-state index in [1.807, 2.05) is 10.7 Å². The largest absolute Gasteiger partial charge is 0.367 e. The van der Waals surface area contributed by atoms with Gasteiger partial charge in [-0.05, 0) is 31.2 Å². The maximum absolute atomic E-state index is 11.8. The van der Waals surface area contributed by atoms with Crippen LogP contribution in [0.1, 0.15) is 48.6 Å². The minimum Gasteiger partial charge on any atom is -0.367 e. The Morgan fingerprint density at radius 1 is 1.29 bits per heavy atom. The molecule has 0 atom stereocenters. The van der Waals surface area contributed by atoms with E-state index in [9.17, 15) is 4.79 Å². The molecule has 0 saturated carbocycles. The van der Waals surface area contributed by atoms with Crippen molar-refractivity contribution in [3.8, 4) is 0 Å². The lowest BCUT2D eigenvalue weighted by atomic mass is 9.90. The van der Waals surface area contributed by atoms with Crippen LogP contribution in [0.5, 0.6) is 0 Å². The number of aromatic nitrogens is 4. The Morgan fingerprint density at radius 2 is 2.07 bits per heavy atom. The van der Waals surface area contributed by atoms with Crippen LogP contribution in [0.25, 0.3) is 0 Å². The fourth-order valence-corrected chi connectivity index (χ4v) is 4.03. The monoisotopic (exact) mass is 384 g/mol. The molecular formula is C20H28N6O2. The Hall–Kier alpha value is -2.48. The van der Waals surface area contributed by atoms with Crippen LogP contribution in [0.15, 0.2) is 18.5 Å². The van der Waals surface area contributed by atoms with Crippen LogP contribution in [0.3, 0.4) is 0 Å². The highest BCUT2D eigenvalue weighted by molar-refractivity contribution is 5.92. The first kappa shape index (κ1) is 18.9. The van der Waals surface area contributed by atoms with Crippen molar-refractivity contribution < 1.29 is 9.53 Å². The number of fused-ring (bicyclic) bond motifs is 1. The molecule has 150 valence electrons. The Kier molecular flexibility index (Phi) is 5.05. The van der Waals surface area contributed by atoms with E-state index in [2.05, 4.69) is 45.2 Å². The van der Waals surface area contributed by atoms with E-state index in [-0.39, 0.29) is 11.5 Å². The van der Waals surface area contributed by atoms with Crippen LogP contribution >= 0.6 is 0 Å². The minimum atomic E-state index is -0.219. The molecule has 1 saturated heterocycles. The first-order valence-corrected chi connectivity index (χ1v) is 9.97. The van der Waals surface area contributed by atoms with Gasteiger partial charge in [0.15, 0.2) is 5.69 Å². The molecule has 28 heavy (non-hydrogen) atoms. The van der Waals surface area contributed by atoms with Gasteiger partial charge >= 0.3 is 0 Å². The first-order chi connectivity index (χ1) is 13.5. The zero-order chi connectivity index (χ0) is 19.7. The molecule has 2 aromatic heterocycles. The summed E-state index contributed by atoms with van der Waals surface area (Å²) in [5.74, 6) is 1.41. The lowest BCUT2D eigenvalue weighted by Gasteiger charge is -2.44. The summed E-state index contributed by atoms with van der Waals surface area (Å²) in [6.07, 6.45) is 4.45. The molecule has 1 fully saturated rings. The second-order valence-electron chi connectivity index (χ2n) is 8.18. The van der Waals surface area contributed by atoms with E-state index in [0.717, 1.165) is 49.6 Å². The van der Waals surface area contributed by atoms with Gasteiger partial charge in [0.2, 0.25) is 0 Å². The number of hydrogen-bond donors (Lipinski definition) is 1. The standard InChI is InChI=1S/C20H28N6O2/c1-14(2)8-15-9-18(23-13-22-15)25-6-4-20(5-7-25)12-26-16(11-28-20)10-17(24-26)19(27)21-3/h9-10,13-14H,4-8,11-12H2,1-3H3,(H,21,27). The molecule has 4 rings (SSSR count). The highest BCUT2D eigenvalue weighted by Gasteiger charge is 2.40. The number of piperidine rings is 1. The smallest absolute Gasteiger partial charge is 0.271 e. The van der Waals surface area contributed by atoms with Gasteiger partial charge in [-0.2, -0.15) is 5.10 Å². The number of carbonyl (C=O) groups is 1. The summed E-state index contributed by atoms with van der Waals surface area (Å²) in [5, 5.41) is 7.11. The summed E-state index contributed by atoms with van der Waals surface area (Å²) in [6.45, 7) is 7.36. The van der Waals surface area contributed by atoms with Crippen LogP contribution in [-0.4, -0.2) is 51.4 Å². The van der Waals surface area contributed by atoms with E-state index in [1.54, 1.807) is 13.4 Å². The predicted molar refractivity (Wildman–Crippen MR) is 105 cm³/mol. The molecule has 1 amide bonds. The molecule has 2 aliphatic rings. The van der Waals surface area contributed by atoms with Crippen molar-refractivity contribution in [3.63, 3.8) is 0 Å². The number of rotatable bonds is 4. The SMILES string of the molecule is CNC(=O)c1cc2n(n1)CC1(CCN(c3cc(CC(C)C)ncn3)CC1)OC2. The molecule has 4 heterocycles. The topological polar surface area (TPSA) is 85.2 Å². The Morgan fingerprint density at radius 3 is 2.79 bits per heavy atom. The summed E-state index contributed by atoms with van der Waals surface area (Å²) in [4.78, 5) is 23.0. The van der Waals surface area contributed by atoms with Gasteiger partial charge < -0.3 is 15.0 Å². The van der Waals surface area contributed by atoms with Gasteiger partial charge in [-0.25, -0.2) is 9.97 Å². The van der Waals surface area contributed by atoms with Crippen LogP contribution in [0.4, 0.5) is 5.82 Å². The summed E-state index contributed by atoms with van der Waals surface area (Å²) < 4.78 is 8.21. The second-order valence-corrected chi connectivity index (χ2v) is 8.18. The van der Waals surface area contributed by atoms with Crippen molar-refractivity contribution in [1.82, 2.24) is 25.1 Å². The summed E-state index contributed by atoms with van der Waals surface area (Å²) >= 11 is 0. The number of carbonyl (C=O) groups excluding carboxylic acids is 1. The molecular weight excluding hydrogens is 356 g/mol. The van der Waals surface area contributed by atoms with Gasteiger partial charge in [-0.15, -0.1) is 0 Å². The number of nitrogens with zero attached hydrogens (tertiary/aromatic N) is 5. The van der Waals surface area contributed by atoms with Gasteiger partial charge in [0.1, 0.15) is 12.1 Å². The molecule has 0 aliphatic carbocycles. The lowest BCUT2D eigenvalue weighted by Crippen LogP contribution is -2.51. The molecule has 0 unspecified atom stereocenters.